The molecule has 3 heteroatoms. The third kappa shape index (κ3) is 7.53. The summed E-state index contributed by atoms with van der Waals surface area (Å²) in [4.78, 5) is 9.84. The first-order valence-corrected chi connectivity index (χ1v) is 5.02. The van der Waals surface area contributed by atoms with Crippen molar-refractivity contribution in [3.05, 3.63) is 34.0 Å². The molecule has 0 aromatic heterocycles. The van der Waals surface area contributed by atoms with Crippen LogP contribution in [-0.4, -0.2) is 4.92 Å². The van der Waals surface area contributed by atoms with Crippen LogP contribution < -0.4 is 0 Å². The van der Waals surface area contributed by atoms with Crippen LogP contribution >= 0.6 is 0 Å². The van der Waals surface area contributed by atoms with Crippen LogP contribution in [0.4, 0.5) is 0 Å². The van der Waals surface area contributed by atoms with Crippen molar-refractivity contribution in [2.24, 2.45) is 5.92 Å². The Morgan fingerprint density at radius 3 is 2.64 bits per heavy atom. The van der Waals surface area contributed by atoms with Crippen molar-refractivity contribution in [1.29, 1.82) is 0 Å². The monoisotopic (exact) mass is 197 g/mol. The quantitative estimate of drug-likeness (QED) is 0.283. The van der Waals surface area contributed by atoms with Gasteiger partial charge in [0.05, 0.1) is 4.92 Å². The van der Waals surface area contributed by atoms with Gasteiger partial charge in [0.15, 0.2) is 0 Å². The molecule has 0 aromatic rings. The summed E-state index contributed by atoms with van der Waals surface area (Å²) in [7, 11) is 0. The Kier molecular flexibility index (Phi) is 6.72. The van der Waals surface area contributed by atoms with Gasteiger partial charge < -0.3 is 0 Å². The predicted molar refractivity (Wildman–Crippen MR) is 58.6 cm³/mol. The Balaban J connectivity index is 3.64. The molecule has 0 radical (unpaired) electrons. The highest BCUT2D eigenvalue weighted by Gasteiger charge is 1.97. The Morgan fingerprint density at radius 2 is 2.14 bits per heavy atom. The van der Waals surface area contributed by atoms with Gasteiger partial charge in [0.25, 0.3) is 0 Å². The maximum atomic E-state index is 10.2. The van der Waals surface area contributed by atoms with Crippen molar-refractivity contribution in [3.63, 3.8) is 0 Å². The topological polar surface area (TPSA) is 43.1 Å². The summed E-state index contributed by atoms with van der Waals surface area (Å²) in [5.41, 5.74) is 0.185. The molecule has 80 valence electrons. The molecule has 0 rings (SSSR count). The zero-order chi connectivity index (χ0) is 11.0. The lowest BCUT2D eigenvalue weighted by molar-refractivity contribution is -0.424. The molecular weight excluding hydrogens is 178 g/mol. The molecule has 3 nitrogen and oxygen atoms in total. The number of hydrogen-bond donors (Lipinski definition) is 0. The van der Waals surface area contributed by atoms with Gasteiger partial charge >= 0.3 is 0 Å². The van der Waals surface area contributed by atoms with E-state index in [2.05, 4.69) is 13.8 Å². The Labute approximate surface area is 85.7 Å². The van der Waals surface area contributed by atoms with E-state index in [1.54, 1.807) is 6.08 Å². The summed E-state index contributed by atoms with van der Waals surface area (Å²) < 4.78 is 0. The zero-order valence-corrected chi connectivity index (χ0v) is 9.19. The highest BCUT2D eigenvalue weighted by molar-refractivity contribution is 5.04. The van der Waals surface area contributed by atoms with Crippen LogP contribution in [0.2, 0.25) is 0 Å². The van der Waals surface area contributed by atoms with Gasteiger partial charge in [0.1, 0.15) is 0 Å². The normalized spacial score (nSPS) is 12.7. The van der Waals surface area contributed by atoms with E-state index in [-0.39, 0.29) is 10.6 Å². The SMILES string of the molecule is C/C(=C\C=C/CCCC(C)C)[N+](=O)[O-]. The van der Waals surface area contributed by atoms with E-state index >= 15 is 0 Å². The molecule has 0 aliphatic carbocycles. The Hall–Kier alpha value is -1.12. The fourth-order valence-electron chi connectivity index (χ4n) is 1.01. The summed E-state index contributed by atoms with van der Waals surface area (Å²) in [6.45, 7) is 5.89. The van der Waals surface area contributed by atoms with E-state index in [0.717, 1.165) is 18.8 Å². The van der Waals surface area contributed by atoms with Crippen molar-refractivity contribution in [1.82, 2.24) is 0 Å². The van der Waals surface area contributed by atoms with E-state index < -0.39 is 0 Å². The van der Waals surface area contributed by atoms with Crippen molar-refractivity contribution in [2.45, 2.75) is 40.0 Å². The van der Waals surface area contributed by atoms with E-state index in [0.29, 0.717) is 0 Å². The number of hydrogen-bond acceptors (Lipinski definition) is 2. The van der Waals surface area contributed by atoms with Gasteiger partial charge in [-0.05, 0) is 18.8 Å². The molecule has 0 fully saturated rings. The summed E-state index contributed by atoms with van der Waals surface area (Å²) in [5.74, 6) is 0.736. The Morgan fingerprint density at radius 1 is 1.50 bits per heavy atom. The summed E-state index contributed by atoms with van der Waals surface area (Å²) in [6.07, 6.45) is 8.64. The van der Waals surface area contributed by atoms with E-state index in [1.165, 1.54) is 19.4 Å². The number of unbranched alkanes of at least 4 members (excludes halogenated alkanes) is 1. The molecule has 0 atom stereocenters. The highest BCUT2D eigenvalue weighted by atomic mass is 16.6. The van der Waals surface area contributed by atoms with Gasteiger partial charge in [-0.2, -0.15) is 0 Å². The van der Waals surface area contributed by atoms with Crippen LogP contribution in [0.3, 0.4) is 0 Å². The zero-order valence-electron chi connectivity index (χ0n) is 9.19. The molecule has 0 bridgehead atoms. The van der Waals surface area contributed by atoms with E-state index in [4.69, 9.17) is 0 Å². The molecule has 14 heavy (non-hydrogen) atoms. The smallest absolute Gasteiger partial charge is 0.243 e. The first-order valence-electron chi connectivity index (χ1n) is 5.02. The van der Waals surface area contributed by atoms with Gasteiger partial charge in [-0.25, -0.2) is 0 Å². The maximum Gasteiger partial charge on any atom is 0.243 e. The molecular formula is C11H19NO2. The molecule has 0 saturated heterocycles. The Bertz CT molecular complexity index is 229. The average molecular weight is 197 g/mol. The third-order valence-corrected chi connectivity index (χ3v) is 1.91. The second kappa shape index (κ2) is 7.30. The lowest BCUT2D eigenvalue weighted by atomic mass is 10.1. The van der Waals surface area contributed by atoms with Crippen LogP contribution in [0.15, 0.2) is 23.9 Å². The summed E-state index contributed by atoms with van der Waals surface area (Å²) in [5, 5.41) is 10.2. The number of nitro groups is 1. The second-order valence-corrected chi connectivity index (χ2v) is 3.82. The van der Waals surface area contributed by atoms with Crippen LogP contribution in [-0.2, 0) is 0 Å². The number of rotatable bonds is 6. The van der Waals surface area contributed by atoms with Crippen LogP contribution in [0.5, 0.6) is 0 Å². The van der Waals surface area contributed by atoms with Crippen molar-refractivity contribution in [2.75, 3.05) is 0 Å². The van der Waals surface area contributed by atoms with Crippen molar-refractivity contribution < 1.29 is 4.92 Å². The summed E-state index contributed by atoms with van der Waals surface area (Å²) in [6, 6.07) is 0. The van der Waals surface area contributed by atoms with E-state index in [1.807, 2.05) is 6.08 Å². The minimum atomic E-state index is -0.377. The molecule has 0 unspecified atom stereocenters. The van der Waals surface area contributed by atoms with Crippen molar-refractivity contribution >= 4 is 0 Å². The second-order valence-electron chi connectivity index (χ2n) is 3.82. The highest BCUT2D eigenvalue weighted by Crippen LogP contribution is 2.06. The number of nitrogens with zero attached hydrogens (tertiary/aromatic N) is 1. The fourth-order valence-corrected chi connectivity index (χ4v) is 1.01. The van der Waals surface area contributed by atoms with Crippen LogP contribution in [0, 0.1) is 16.0 Å². The first-order chi connectivity index (χ1) is 6.54. The largest absolute Gasteiger partial charge is 0.259 e. The van der Waals surface area contributed by atoms with Gasteiger partial charge in [0, 0.05) is 13.0 Å². The molecule has 0 aliphatic rings. The molecule has 0 aliphatic heterocycles. The molecule has 0 amide bonds. The molecule has 0 aromatic carbocycles. The summed E-state index contributed by atoms with van der Waals surface area (Å²) >= 11 is 0. The lowest BCUT2D eigenvalue weighted by Gasteiger charge is -1.99. The van der Waals surface area contributed by atoms with Crippen LogP contribution in [0.25, 0.3) is 0 Å². The van der Waals surface area contributed by atoms with Gasteiger partial charge in [0.2, 0.25) is 5.70 Å². The van der Waals surface area contributed by atoms with Gasteiger partial charge in [-0.3, -0.25) is 10.1 Å². The minimum Gasteiger partial charge on any atom is -0.259 e. The first kappa shape index (κ1) is 12.9. The van der Waals surface area contributed by atoms with Gasteiger partial charge in [-0.1, -0.05) is 32.4 Å². The lowest BCUT2D eigenvalue weighted by Crippen LogP contribution is -1.91. The predicted octanol–water partition coefficient (Wildman–Crippen LogP) is 3.55. The molecule has 0 spiro atoms. The molecule has 0 saturated carbocycles. The average Bonchev–Trinajstić information content (AvgIpc) is 2.09. The molecule has 0 heterocycles. The molecule has 0 N–H and O–H groups in total. The van der Waals surface area contributed by atoms with E-state index in [9.17, 15) is 10.1 Å². The van der Waals surface area contributed by atoms with Crippen LogP contribution in [0.1, 0.15) is 40.0 Å². The van der Waals surface area contributed by atoms with Crippen molar-refractivity contribution in [3.8, 4) is 0 Å². The standard InChI is InChI=1S/C11H19NO2/c1-10(2)8-6-4-5-7-9-11(3)12(13)14/h5,7,9-10H,4,6,8H2,1-3H3/b7-5-,11-9+. The fraction of sp³-hybridized carbons (Fsp3) is 0.636. The minimum absolute atomic E-state index is 0.185. The number of allylic oxidation sites excluding steroid dienone is 4. The maximum absolute atomic E-state index is 10.2. The van der Waals surface area contributed by atoms with Gasteiger partial charge in [-0.15, -0.1) is 0 Å². The third-order valence-electron chi connectivity index (χ3n) is 1.91.